The zero-order valence-corrected chi connectivity index (χ0v) is 24.4. The van der Waals surface area contributed by atoms with Crippen LogP contribution in [-0.2, 0) is 26.3 Å². The van der Waals surface area contributed by atoms with Crippen molar-refractivity contribution in [2.45, 2.75) is 30.5 Å². The number of nitrogens with zero attached hydrogens (tertiary/aromatic N) is 2. The van der Waals surface area contributed by atoms with E-state index in [-0.39, 0.29) is 11.8 Å². The van der Waals surface area contributed by atoms with Gasteiger partial charge < -0.3 is 19.9 Å². The second-order valence-electron chi connectivity index (χ2n) is 10.9. The van der Waals surface area contributed by atoms with Crippen LogP contribution in [0.5, 0.6) is 5.75 Å². The van der Waals surface area contributed by atoms with Gasteiger partial charge in [-0.05, 0) is 64.9 Å². The van der Waals surface area contributed by atoms with E-state index in [9.17, 15) is 18.0 Å². The van der Waals surface area contributed by atoms with Crippen molar-refractivity contribution >= 4 is 52.0 Å². The number of rotatable bonds is 6. The first kappa shape index (κ1) is 29.9. The van der Waals surface area contributed by atoms with Gasteiger partial charge in [0.2, 0.25) is 5.91 Å². The van der Waals surface area contributed by atoms with Crippen LogP contribution in [0, 0.1) is 0 Å². The second kappa shape index (κ2) is 11.7. The quantitative estimate of drug-likeness (QED) is 0.254. The van der Waals surface area contributed by atoms with Crippen LogP contribution < -0.4 is 10.1 Å². The van der Waals surface area contributed by atoms with E-state index in [0.29, 0.717) is 0 Å². The first-order valence-corrected chi connectivity index (χ1v) is 14.8. The number of H-pyrrole nitrogens is 1. The van der Waals surface area contributed by atoms with Gasteiger partial charge in [-0.3, -0.25) is 14.8 Å². The predicted octanol–water partition coefficient (Wildman–Crippen LogP) is 5.65. The van der Waals surface area contributed by atoms with E-state index in [2.05, 4.69) is 62.2 Å². The number of nitrogens with one attached hydrogen (secondary N) is 2. The van der Waals surface area contributed by atoms with Crippen LogP contribution in [0.25, 0.3) is 23.1 Å². The van der Waals surface area contributed by atoms with Crippen LogP contribution in [-0.4, -0.2) is 71.7 Å². The number of alkyl halides is 3. The molecule has 0 radical (unpaired) electrons. The zero-order chi connectivity index (χ0) is 31.1. The molecule has 7 rings (SSSR count). The Hall–Kier alpha value is -4.20. The van der Waals surface area contributed by atoms with E-state index in [1.807, 2.05) is 18.2 Å². The van der Waals surface area contributed by atoms with Crippen LogP contribution >= 0.6 is 11.3 Å². The van der Waals surface area contributed by atoms with Crippen LogP contribution in [0.4, 0.5) is 18.9 Å². The van der Waals surface area contributed by atoms with Crippen LogP contribution in [0.3, 0.4) is 0 Å². The fraction of sp³-hybridized carbons (Fsp3) is 0.323. The summed E-state index contributed by atoms with van der Waals surface area (Å²) in [7, 11) is 1.66. The molecule has 1 amide bonds. The maximum atomic E-state index is 13.0. The lowest BCUT2D eigenvalue weighted by atomic mass is 9.91. The highest BCUT2D eigenvalue weighted by atomic mass is 32.1. The Balaban J connectivity index is 0.000000441. The van der Waals surface area contributed by atoms with Crippen LogP contribution in [0.2, 0.25) is 0 Å². The Bertz CT molecular complexity index is 1740. The monoisotopic (exact) mass is 626 g/mol. The Morgan fingerprint density at radius 3 is 2.70 bits per heavy atom. The molecule has 3 N–H and O–H groups in total. The van der Waals surface area contributed by atoms with Crippen LogP contribution in [0.15, 0.2) is 47.8 Å². The molecule has 2 aromatic carbocycles. The summed E-state index contributed by atoms with van der Waals surface area (Å²) >= 11 is 1.80. The van der Waals surface area contributed by atoms with Gasteiger partial charge >= 0.3 is 12.1 Å². The zero-order valence-electron chi connectivity index (χ0n) is 23.6. The highest BCUT2D eigenvalue weighted by Gasteiger charge is 2.65. The Labute approximate surface area is 254 Å². The predicted molar refractivity (Wildman–Crippen MR) is 160 cm³/mol. The number of halogens is 3. The van der Waals surface area contributed by atoms with Gasteiger partial charge in [-0.15, -0.1) is 11.3 Å². The molecule has 1 unspecified atom stereocenters. The number of methoxy groups -OCH3 is 1. The summed E-state index contributed by atoms with van der Waals surface area (Å²) in [4.78, 5) is 25.7. The number of hydrogen-bond acceptors (Lipinski definition) is 7. The van der Waals surface area contributed by atoms with E-state index >= 15 is 0 Å². The molecule has 2 aliphatic heterocycles. The summed E-state index contributed by atoms with van der Waals surface area (Å²) in [5.41, 5.74) is 5.69. The van der Waals surface area contributed by atoms with E-state index in [4.69, 9.17) is 19.4 Å². The molecule has 1 saturated carbocycles. The summed E-state index contributed by atoms with van der Waals surface area (Å²) in [6, 6.07) is 14.5. The molecule has 2 aromatic heterocycles. The Kier molecular flexibility index (Phi) is 7.95. The minimum absolute atomic E-state index is 0.0813. The topological polar surface area (TPSA) is 117 Å². The minimum atomic E-state index is -5.08. The number of amides is 1. The number of fused-ring (bicyclic) bond motifs is 3. The lowest BCUT2D eigenvalue weighted by molar-refractivity contribution is -0.192. The van der Waals surface area contributed by atoms with Crippen LogP contribution in [0.1, 0.15) is 39.6 Å². The molecule has 13 heteroatoms. The molecular weight excluding hydrogens is 597 g/mol. The number of aromatic amines is 1. The maximum Gasteiger partial charge on any atom is 0.490 e. The van der Waals surface area contributed by atoms with Gasteiger partial charge in [0, 0.05) is 41.5 Å². The number of aromatic nitrogens is 2. The number of hydrogen-bond donors (Lipinski definition) is 3. The third-order valence-electron chi connectivity index (χ3n) is 8.17. The van der Waals surface area contributed by atoms with Gasteiger partial charge in [0.05, 0.1) is 36.9 Å². The molecular formula is C31H29F3N4O5S. The number of anilines is 1. The highest BCUT2D eigenvalue weighted by molar-refractivity contribution is 7.10. The number of aliphatic carboxylic acids is 1. The van der Waals surface area contributed by atoms with Crippen molar-refractivity contribution in [2.75, 3.05) is 38.7 Å². The SMILES string of the molecule is COc1ccc2c(c1)C1(C[C@H]1c1ccc3c(/C=C/c4csc(CN5CCOCC5)c4)n[nH]c3c1)C(=O)N2.O=C(O)C(F)(F)F. The molecule has 4 heterocycles. The molecule has 4 aromatic rings. The number of morpholine rings is 1. The summed E-state index contributed by atoms with van der Waals surface area (Å²) in [5, 5.41) is 21.2. The average Bonchev–Trinajstić information content (AvgIpc) is 3.23. The lowest BCUT2D eigenvalue weighted by Crippen LogP contribution is -2.35. The highest BCUT2D eigenvalue weighted by Crippen LogP contribution is 2.65. The standard InChI is InChI=1S/C29H28N4O3S.C2HF3O2/c1-35-20-4-7-26-23(14-20)29(28(34)30-26)15-24(29)19-3-5-22-25(31-32-27(22)13-19)6-2-18-12-21(37-17-18)16-33-8-10-36-11-9-33;3-2(4,5)1(6)7/h2-7,12-14,17,24H,8-11,15-16H2,1H3,(H,30,34)(H,31,32);(H,6,7)/b6-2+;/t24-,29?;/m0./s1. The fourth-order valence-electron chi connectivity index (χ4n) is 5.82. The molecule has 230 valence electrons. The molecule has 44 heavy (non-hydrogen) atoms. The first-order valence-electron chi connectivity index (χ1n) is 13.9. The summed E-state index contributed by atoms with van der Waals surface area (Å²) < 4.78 is 42.6. The number of benzene rings is 2. The summed E-state index contributed by atoms with van der Waals surface area (Å²) in [6.45, 7) is 4.62. The Morgan fingerprint density at radius 2 is 1.98 bits per heavy atom. The maximum absolute atomic E-state index is 13.0. The number of carbonyl (C=O) groups is 2. The van der Waals surface area contributed by atoms with Gasteiger partial charge in [0.25, 0.3) is 0 Å². The van der Waals surface area contributed by atoms with Crippen molar-refractivity contribution in [3.8, 4) is 5.75 Å². The molecule has 2 atom stereocenters. The average molecular weight is 627 g/mol. The first-order chi connectivity index (χ1) is 21.1. The number of thiophene rings is 1. The fourth-order valence-corrected chi connectivity index (χ4v) is 6.72. The van der Waals surface area contributed by atoms with E-state index in [1.165, 1.54) is 10.4 Å². The van der Waals surface area contributed by atoms with Gasteiger partial charge in [-0.2, -0.15) is 18.3 Å². The molecule has 1 aliphatic carbocycles. The number of carboxylic acids is 1. The summed E-state index contributed by atoms with van der Waals surface area (Å²) in [6.07, 6.45) is -0.0765. The third-order valence-corrected chi connectivity index (χ3v) is 9.11. The molecule has 3 aliphatic rings. The van der Waals surface area contributed by atoms with Gasteiger partial charge in [-0.25, -0.2) is 4.79 Å². The normalized spacial score (nSPS) is 21.3. The minimum Gasteiger partial charge on any atom is -0.497 e. The number of carboxylic acid groups (broad SMARTS) is 1. The van der Waals surface area contributed by atoms with Crippen molar-refractivity contribution in [1.82, 2.24) is 15.1 Å². The Morgan fingerprint density at radius 1 is 1.20 bits per heavy atom. The van der Waals surface area contributed by atoms with Crippen molar-refractivity contribution in [1.29, 1.82) is 0 Å². The molecule has 9 nitrogen and oxygen atoms in total. The van der Waals surface area contributed by atoms with Crippen molar-refractivity contribution < 1.29 is 37.3 Å². The number of carbonyl (C=O) groups excluding carboxylic acids is 1. The molecule has 0 bridgehead atoms. The van der Waals surface area contributed by atoms with Crippen molar-refractivity contribution in [3.05, 3.63) is 75.1 Å². The molecule has 1 spiro atoms. The summed E-state index contributed by atoms with van der Waals surface area (Å²) in [5.74, 6) is -1.76. The lowest BCUT2D eigenvalue weighted by Gasteiger charge is -2.25. The van der Waals surface area contributed by atoms with Crippen molar-refractivity contribution in [2.24, 2.45) is 0 Å². The van der Waals surface area contributed by atoms with E-state index in [0.717, 1.165) is 78.4 Å². The van der Waals surface area contributed by atoms with E-state index in [1.54, 1.807) is 18.4 Å². The molecule has 1 saturated heterocycles. The van der Waals surface area contributed by atoms with E-state index < -0.39 is 17.6 Å². The van der Waals surface area contributed by atoms with Gasteiger partial charge in [-0.1, -0.05) is 18.2 Å². The largest absolute Gasteiger partial charge is 0.497 e. The van der Waals surface area contributed by atoms with Crippen molar-refractivity contribution in [3.63, 3.8) is 0 Å². The smallest absolute Gasteiger partial charge is 0.490 e. The van der Waals surface area contributed by atoms with Gasteiger partial charge in [0.15, 0.2) is 0 Å². The third kappa shape index (κ3) is 5.82. The molecule has 2 fully saturated rings. The van der Waals surface area contributed by atoms with Gasteiger partial charge in [0.1, 0.15) is 5.75 Å². The second-order valence-corrected chi connectivity index (χ2v) is 11.9. The number of ether oxygens (including phenoxy) is 2.